The molecule has 39 heavy (non-hydrogen) atoms. The van der Waals surface area contributed by atoms with Crippen LogP contribution in [0.5, 0.6) is 11.5 Å². The number of rotatable bonds is 5. The Morgan fingerprint density at radius 2 is 1.72 bits per heavy atom. The Hall–Kier alpha value is -5.06. The molecule has 4 heterocycles. The molecule has 0 unspecified atom stereocenters. The standard InChI is InChI=1S/C28H27N7O4/c1-38-21-14-19-20(15-22(21)39-2)33-27(36)26(32-19)25-24(29)17-13-16(6-7-18(17)31-25)28(37)35-11-9-34(10-12-35)23-5-3-4-8-30-23/h3-8,13-15,31H,9-12,29H2,1-2H3,(H,33,36). The lowest BCUT2D eigenvalue weighted by molar-refractivity contribution is 0.0746. The van der Waals surface area contributed by atoms with Crippen LogP contribution in [0.3, 0.4) is 0 Å². The zero-order valence-corrected chi connectivity index (χ0v) is 21.5. The van der Waals surface area contributed by atoms with E-state index in [9.17, 15) is 9.59 Å². The van der Waals surface area contributed by atoms with Crippen LogP contribution in [-0.4, -0.2) is 71.1 Å². The Morgan fingerprint density at radius 3 is 2.44 bits per heavy atom. The first-order chi connectivity index (χ1) is 19.0. The summed E-state index contributed by atoms with van der Waals surface area (Å²) in [6, 6.07) is 14.5. The number of ether oxygens (including phenoxy) is 2. The van der Waals surface area contributed by atoms with Gasteiger partial charge in [0.25, 0.3) is 11.5 Å². The molecule has 2 aromatic carbocycles. The molecule has 0 aliphatic carbocycles. The molecule has 5 aromatic rings. The number of fused-ring (bicyclic) bond motifs is 2. The molecular formula is C28H27N7O4. The van der Waals surface area contributed by atoms with E-state index in [2.05, 4.69) is 24.8 Å². The average Bonchev–Trinajstić information content (AvgIpc) is 3.31. The summed E-state index contributed by atoms with van der Waals surface area (Å²) in [5, 5.41) is 0.650. The molecule has 1 amide bonds. The Bertz CT molecular complexity index is 1760. The average molecular weight is 526 g/mol. The molecule has 0 spiro atoms. The third-order valence-corrected chi connectivity index (χ3v) is 7.06. The quantitative estimate of drug-likeness (QED) is 0.318. The van der Waals surface area contributed by atoms with Crippen molar-refractivity contribution in [3.8, 4) is 22.9 Å². The van der Waals surface area contributed by atoms with Crippen LogP contribution < -0.4 is 25.7 Å². The molecular weight excluding hydrogens is 498 g/mol. The number of hydrogen-bond acceptors (Lipinski definition) is 8. The van der Waals surface area contributed by atoms with E-state index < -0.39 is 5.56 Å². The summed E-state index contributed by atoms with van der Waals surface area (Å²) in [5.41, 5.74) is 9.23. The molecule has 198 valence electrons. The van der Waals surface area contributed by atoms with Crippen molar-refractivity contribution >= 4 is 39.3 Å². The van der Waals surface area contributed by atoms with Crippen molar-refractivity contribution in [2.24, 2.45) is 0 Å². The third kappa shape index (κ3) is 4.27. The van der Waals surface area contributed by atoms with Crippen molar-refractivity contribution in [1.82, 2.24) is 24.8 Å². The zero-order valence-electron chi connectivity index (χ0n) is 21.5. The first-order valence-corrected chi connectivity index (χ1v) is 12.5. The van der Waals surface area contributed by atoms with Gasteiger partial charge in [-0.3, -0.25) is 9.59 Å². The maximum absolute atomic E-state index is 13.3. The second-order valence-electron chi connectivity index (χ2n) is 9.28. The van der Waals surface area contributed by atoms with E-state index in [-0.39, 0.29) is 11.6 Å². The van der Waals surface area contributed by atoms with E-state index in [1.807, 2.05) is 23.1 Å². The van der Waals surface area contributed by atoms with Gasteiger partial charge in [-0.1, -0.05) is 6.07 Å². The summed E-state index contributed by atoms with van der Waals surface area (Å²) < 4.78 is 10.7. The number of benzene rings is 2. The molecule has 1 saturated heterocycles. The molecule has 1 aliphatic rings. The van der Waals surface area contributed by atoms with Crippen molar-refractivity contribution in [3.05, 3.63) is 70.6 Å². The van der Waals surface area contributed by atoms with Gasteiger partial charge in [-0.05, 0) is 30.3 Å². The number of methoxy groups -OCH3 is 2. The maximum Gasteiger partial charge on any atom is 0.276 e. The number of aromatic nitrogens is 4. The number of nitrogens with one attached hydrogen (secondary N) is 2. The number of H-pyrrole nitrogens is 2. The molecule has 0 saturated carbocycles. The largest absolute Gasteiger partial charge is 0.493 e. The van der Waals surface area contributed by atoms with Gasteiger partial charge in [0.15, 0.2) is 17.2 Å². The third-order valence-electron chi connectivity index (χ3n) is 7.06. The minimum Gasteiger partial charge on any atom is -0.493 e. The molecule has 6 rings (SSSR count). The second kappa shape index (κ2) is 9.67. The number of carbonyl (C=O) groups excluding carboxylic acids is 1. The van der Waals surface area contributed by atoms with Crippen LogP contribution in [0.1, 0.15) is 10.4 Å². The Kier molecular flexibility index (Phi) is 6.02. The second-order valence-corrected chi connectivity index (χ2v) is 9.28. The van der Waals surface area contributed by atoms with E-state index >= 15 is 0 Å². The van der Waals surface area contributed by atoms with Gasteiger partial charge in [-0.2, -0.15) is 0 Å². The predicted octanol–water partition coefficient (Wildman–Crippen LogP) is 3.03. The van der Waals surface area contributed by atoms with E-state index in [4.69, 9.17) is 15.2 Å². The number of amides is 1. The minimum absolute atomic E-state index is 0.0672. The van der Waals surface area contributed by atoms with Crippen LogP contribution in [0.4, 0.5) is 11.5 Å². The Morgan fingerprint density at radius 1 is 0.949 bits per heavy atom. The molecule has 4 N–H and O–H groups in total. The Balaban J connectivity index is 1.29. The molecule has 11 nitrogen and oxygen atoms in total. The Labute approximate surface area is 223 Å². The van der Waals surface area contributed by atoms with Gasteiger partial charge in [-0.15, -0.1) is 0 Å². The van der Waals surface area contributed by atoms with Crippen LogP contribution in [0.2, 0.25) is 0 Å². The van der Waals surface area contributed by atoms with Gasteiger partial charge in [0.2, 0.25) is 0 Å². The van der Waals surface area contributed by atoms with Crippen molar-refractivity contribution in [2.45, 2.75) is 0 Å². The molecule has 1 fully saturated rings. The monoisotopic (exact) mass is 525 g/mol. The molecule has 0 radical (unpaired) electrons. The van der Waals surface area contributed by atoms with Crippen molar-refractivity contribution in [1.29, 1.82) is 0 Å². The smallest absolute Gasteiger partial charge is 0.276 e. The number of piperazine rings is 1. The van der Waals surface area contributed by atoms with Crippen LogP contribution in [0.15, 0.2) is 59.5 Å². The summed E-state index contributed by atoms with van der Waals surface area (Å²) in [5.74, 6) is 1.82. The van der Waals surface area contributed by atoms with Gasteiger partial charge in [0.1, 0.15) is 5.82 Å². The fourth-order valence-electron chi connectivity index (χ4n) is 4.98. The lowest BCUT2D eigenvalue weighted by atomic mass is 10.1. The highest BCUT2D eigenvalue weighted by molar-refractivity contribution is 6.04. The van der Waals surface area contributed by atoms with Gasteiger partial charge >= 0.3 is 0 Å². The van der Waals surface area contributed by atoms with Gasteiger partial charge < -0.3 is 35.0 Å². The van der Waals surface area contributed by atoms with Crippen LogP contribution in [0.25, 0.3) is 33.3 Å². The van der Waals surface area contributed by atoms with Gasteiger partial charge in [0, 0.05) is 61.0 Å². The highest BCUT2D eigenvalue weighted by Gasteiger charge is 2.24. The summed E-state index contributed by atoms with van der Waals surface area (Å²) >= 11 is 0. The molecule has 0 bridgehead atoms. The van der Waals surface area contributed by atoms with Gasteiger partial charge in [-0.25, -0.2) is 9.97 Å². The highest BCUT2D eigenvalue weighted by Crippen LogP contribution is 2.34. The SMILES string of the molecule is COc1cc2nc(-c3[nH]c4ccc(C(=O)N5CCN(c6ccccn6)CC5)cc4c3N)c(=O)[nH]c2cc1OC. The van der Waals surface area contributed by atoms with Crippen LogP contribution >= 0.6 is 0 Å². The van der Waals surface area contributed by atoms with E-state index in [1.54, 1.807) is 36.5 Å². The van der Waals surface area contributed by atoms with Crippen molar-refractivity contribution in [2.75, 3.05) is 51.0 Å². The highest BCUT2D eigenvalue weighted by atomic mass is 16.5. The summed E-state index contributed by atoms with van der Waals surface area (Å²) in [4.78, 5) is 45.4. The summed E-state index contributed by atoms with van der Waals surface area (Å²) in [6.45, 7) is 2.58. The number of pyridine rings is 1. The fourth-order valence-corrected chi connectivity index (χ4v) is 4.98. The topological polar surface area (TPSA) is 142 Å². The van der Waals surface area contributed by atoms with Crippen molar-refractivity contribution in [3.63, 3.8) is 0 Å². The zero-order chi connectivity index (χ0) is 27.1. The maximum atomic E-state index is 13.3. The van der Waals surface area contributed by atoms with E-state index in [1.165, 1.54) is 14.2 Å². The van der Waals surface area contributed by atoms with Gasteiger partial charge in [0.05, 0.1) is 36.6 Å². The summed E-state index contributed by atoms with van der Waals surface area (Å²) in [6.07, 6.45) is 1.77. The molecule has 3 aromatic heterocycles. The minimum atomic E-state index is -0.407. The number of hydrogen-bond donors (Lipinski definition) is 3. The number of nitrogen functional groups attached to an aromatic ring is 1. The first kappa shape index (κ1) is 24.3. The predicted molar refractivity (Wildman–Crippen MR) is 150 cm³/mol. The summed E-state index contributed by atoms with van der Waals surface area (Å²) in [7, 11) is 3.06. The van der Waals surface area contributed by atoms with E-state index in [0.29, 0.717) is 76.6 Å². The van der Waals surface area contributed by atoms with Crippen LogP contribution in [-0.2, 0) is 0 Å². The molecule has 1 aliphatic heterocycles. The fraction of sp³-hybridized carbons (Fsp3) is 0.214. The number of aromatic amines is 2. The lowest BCUT2D eigenvalue weighted by Gasteiger charge is -2.35. The first-order valence-electron chi connectivity index (χ1n) is 12.5. The van der Waals surface area contributed by atoms with Crippen molar-refractivity contribution < 1.29 is 14.3 Å². The normalized spacial score (nSPS) is 13.7. The lowest BCUT2D eigenvalue weighted by Crippen LogP contribution is -2.49. The van der Waals surface area contributed by atoms with Crippen LogP contribution in [0, 0.1) is 0 Å². The number of nitrogens with zero attached hydrogens (tertiary/aromatic N) is 4. The number of anilines is 2. The molecule has 11 heteroatoms. The van der Waals surface area contributed by atoms with E-state index in [0.717, 1.165) is 5.82 Å². The molecule has 0 atom stereocenters. The number of nitrogens with two attached hydrogens (primary N) is 1. The number of carbonyl (C=O) groups is 1.